The lowest BCUT2D eigenvalue weighted by molar-refractivity contribution is -0.143. The van der Waals surface area contributed by atoms with Crippen molar-refractivity contribution in [3.8, 4) is 22.6 Å². The van der Waals surface area contributed by atoms with Gasteiger partial charge in [-0.15, -0.1) is 0 Å². The molecule has 0 saturated heterocycles. The molecule has 4 fully saturated rings. The van der Waals surface area contributed by atoms with Gasteiger partial charge in [0.1, 0.15) is 17.5 Å². The number of hydrogen-bond acceptors (Lipinski definition) is 8. The molecule has 3 aromatic rings. The molecule has 0 aliphatic heterocycles. The Morgan fingerprint density at radius 2 is 1.46 bits per heavy atom. The summed E-state index contributed by atoms with van der Waals surface area (Å²) in [5, 5.41) is 8.71. The Morgan fingerprint density at radius 3 is 2.08 bits per heavy atom. The van der Waals surface area contributed by atoms with Gasteiger partial charge in [-0.3, -0.25) is 18.6 Å². The number of aryl methyl sites for hydroxylation is 1. The molecule has 11 heteroatoms. The van der Waals surface area contributed by atoms with E-state index in [0.717, 1.165) is 28.9 Å². The van der Waals surface area contributed by atoms with Crippen LogP contribution in [-0.2, 0) is 39.8 Å². The SMILES string of the molecule is N[C@@H](COP(=O)(O)OCCCOC(=O)CCc1ccccc1Oc1ccc(-c2ccc(C34CC5CC(CC(C5)C3)C4)cc2)cc1)C(=O)O. The van der Waals surface area contributed by atoms with Crippen molar-refractivity contribution in [2.24, 2.45) is 23.5 Å². The minimum Gasteiger partial charge on any atom is -0.480 e. The molecule has 7 rings (SSSR count). The van der Waals surface area contributed by atoms with Crippen LogP contribution in [0, 0.1) is 17.8 Å². The topological polar surface area (TPSA) is 155 Å². The van der Waals surface area contributed by atoms with Crippen LogP contribution in [0.15, 0.2) is 72.8 Å². The van der Waals surface area contributed by atoms with Gasteiger partial charge in [0.15, 0.2) is 0 Å². The van der Waals surface area contributed by atoms with Gasteiger partial charge in [0.2, 0.25) is 0 Å². The summed E-state index contributed by atoms with van der Waals surface area (Å²) in [5.41, 5.74) is 10.4. The van der Waals surface area contributed by atoms with E-state index in [9.17, 15) is 19.0 Å². The van der Waals surface area contributed by atoms with E-state index in [4.69, 9.17) is 24.8 Å². The smallest absolute Gasteiger partial charge is 0.472 e. The fourth-order valence-corrected chi connectivity index (χ4v) is 8.93. The summed E-state index contributed by atoms with van der Waals surface area (Å²) in [4.78, 5) is 32.6. The quantitative estimate of drug-likeness (QED) is 0.0818. The molecule has 0 aromatic heterocycles. The van der Waals surface area contributed by atoms with E-state index in [1.54, 1.807) is 0 Å². The third-order valence-corrected chi connectivity index (χ3v) is 11.0. The summed E-state index contributed by atoms with van der Waals surface area (Å²) < 4.78 is 32.5. The maximum Gasteiger partial charge on any atom is 0.472 e. The van der Waals surface area contributed by atoms with Gasteiger partial charge in [-0.05, 0) is 109 Å². The molecule has 4 N–H and O–H groups in total. The highest BCUT2D eigenvalue weighted by Crippen LogP contribution is 2.60. The second-order valence-corrected chi connectivity index (χ2v) is 15.1. The van der Waals surface area contributed by atoms with Gasteiger partial charge < -0.3 is 25.2 Å². The first-order valence-electron chi connectivity index (χ1n) is 16.8. The zero-order valence-corrected chi connectivity index (χ0v) is 27.9. The average molecular weight is 678 g/mol. The van der Waals surface area contributed by atoms with Crippen LogP contribution < -0.4 is 10.5 Å². The molecule has 2 atom stereocenters. The van der Waals surface area contributed by atoms with Gasteiger partial charge in [-0.25, -0.2) is 4.57 Å². The number of nitrogens with two attached hydrogens (primary N) is 1. The van der Waals surface area contributed by atoms with Gasteiger partial charge in [0, 0.05) is 12.8 Å². The summed E-state index contributed by atoms with van der Waals surface area (Å²) >= 11 is 0. The number of phosphoric acid groups is 1. The van der Waals surface area contributed by atoms with E-state index in [-0.39, 0.29) is 26.1 Å². The summed E-state index contributed by atoms with van der Waals surface area (Å²) in [6.45, 7) is -0.931. The van der Waals surface area contributed by atoms with Gasteiger partial charge in [-0.2, -0.15) is 0 Å². The highest BCUT2D eigenvalue weighted by Gasteiger charge is 2.51. The molecule has 4 aliphatic carbocycles. The van der Waals surface area contributed by atoms with Crippen molar-refractivity contribution in [3.63, 3.8) is 0 Å². The molecule has 0 radical (unpaired) electrons. The first-order valence-corrected chi connectivity index (χ1v) is 18.3. The predicted octanol–water partition coefficient (Wildman–Crippen LogP) is 7.03. The Morgan fingerprint density at radius 1 is 0.854 bits per heavy atom. The molecule has 0 spiro atoms. The molecule has 4 aliphatic rings. The first-order chi connectivity index (χ1) is 23.1. The van der Waals surface area contributed by atoms with Gasteiger partial charge in [0.05, 0.1) is 19.8 Å². The van der Waals surface area contributed by atoms with Crippen LogP contribution in [0.4, 0.5) is 0 Å². The summed E-state index contributed by atoms with van der Waals surface area (Å²) in [6.07, 6.45) is 9.13. The largest absolute Gasteiger partial charge is 0.480 e. The molecule has 256 valence electrons. The second kappa shape index (κ2) is 14.9. The fraction of sp³-hybridized carbons (Fsp3) is 0.459. The normalized spacial score (nSPS) is 24.5. The molecule has 48 heavy (non-hydrogen) atoms. The van der Waals surface area contributed by atoms with E-state index in [1.807, 2.05) is 36.4 Å². The van der Waals surface area contributed by atoms with Crippen molar-refractivity contribution in [2.75, 3.05) is 19.8 Å². The van der Waals surface area contributed by atoms with Crippen molar-refractivity contribution in [1.82, 2.24) is 0 Å². The Kier molecular flexibility index (Phi) is 10.7. The summed E-state index contributed by atoms with van der Waals surface area (Å²) in [7, 11) is -4.46. The van der Waals surface area contributed by atoms with Crippen molar-refractivity contribution in [2.45, 2.75) is 69.2 Å². The first kappa shape index (κ1) is 34.3. The highest BCUT2D eigenvalue weighted by molar-refractivity contribution is 7.47. The van der Waals surface area contributed by atoms with Crippen LogP contribution in [-0.4, -0.2) is 47.8 Å². The van der Waals surface area contributed by atoms with E-state index in [0.29, 0.717) is 23.3 Å². The Balaban J connectivity index is 0.952. The monoisotopic (exact) mass is 677 g/mol. The van der Waals surface area contributed by atoms with Crippen LogP contribution in [0.25, 0.3) is 11.1 Å². The molecule has 1 unspecified atom stereocenters. The Hall–Kier alpha value is -3.53. The molecule has 0 amide bonds. The number of esters is 1. The lowest BCUT2D eigenvalue weighted by Gasteiger charge is -2.57. The summed E-state index contributed by atoms with van der Waals surface area (Å²) in [6, 6.07) is 23.5. The van der Waals surface area contributed by atoms with Crippen LogP contribution in [0.1, 0.15) is 62.5 Å². The number of ether oxygens (including phenoxy) is 2. The number of carboxylic acids is 1. The number of benzene rings is 3. The molecular formula is C37H44NO9P. The number of hydrogen-bond donors (Lipinski definition) is 3. The lowest BCUT2D eigenvalue weighted by atomic mass is 9.48. The van der Waals surface area contributed by atoms with E-state index < -0.39 is 32.4 Å². The summed E-state index contributed by atoms with van der Waals surface area (Å²) in [5.74, 6) is 2.35. The van der Waals surface area contributed by atoms with Crippen molar-refractivity contribution < 1.29 is 42.7 Å². The van der Waals surface area contributed by atoms with Crippen molar-refractivity contribution in [1.29, 1.82) is 0 Å². The van der Waals surface area contributed by atoms with Crippen molar-refractivity contribution in [3.05, 3.63) is 83.9 Å². The third kappa shape index (κ3) is 8.54. The molecular weight excluding hydrogens is 633 g/mol. The van der Waals surface area contributed by atoms with E-state index >= 15 is 0 Å². The number of phosphoric ester groups is 1. The molecule has 3 aromatic carbocycles. The molecule has 4 saturated carbocycles. The van der Waals surface area contributed by atoms with Gasteiger partial charge in [0.25, 0.3) is 0 Å². The van der Waals surface area contributed by atoms with Gasteiger partial charge in [-0.1, -0.05) is 54.6 Å². The fourth-order valence-electron chi connectivity index (χ4n) is 8.15. The Bertz CT molecular complexity index is 1590. The number of aliphatic carboxylic acids is 1. The maximum atomic E-state index is 12.3. The zero-order chi connectivity index (χ0) is 33.7. The van der Waals surface area contributed by atoms with Crippen LogP contribution >= 0.6 is 7.82 Å². The third-order valence-electron chi connectivity index (χ3n) is 10.1. The van der Waals surface area contributed by atoms with E-state index in [2.05, 4.69) is 40.9 Å². The van der Waals surface area contributed by atoms with Crippen LogP contribution in [0.5, 0.6) is 11.5 Å². The van der Waals surface area contributed by atoms with E-state index in [1.165, 1.54) is 49.7 Å². The van der Waals surface area contributed by atoms with Gasteiger partial charge >= 0.3 is 19.8 Å². The van der Waals surface area contributed by atoms with Crippen molar-refractivity contribution >= 4 is 19.8 Å². The zero-order valence-electron chi connectivity index (χ0n) is 27.0. The maximum absolute atomic E-state index is 12.3. The average Bonchev–Trinajstić information content (AvgIpc) is 3.06. The van der Waals surface area contributed by atoms with Crippen LogP contribution in [0.3, 0.4) is 0 Å². The number of para-hydroxylation sites is 1. The molecule has 10 nitrogen and oxygen atoms in total. The number of rotatable bonds is 16. The minimum atomic E-state index is -4.46. The number of carbonyl (C=O) groups is 2. The standard InChI is InChI=1S/C37H44NO9P/c38-33(36(40)41)24-46-48(42,43)45-17-3-16-44-35(39)15-10-30-4-1-2-5-34(30)47-32-13-8-29(9-14-32)28-6-11-31(12-7-28)37-21-25-18-26(22-37)20-27(19-25)23-37/h1-2,4-9,11-14,25-27,33H,3,10,15-24,38H2,(H,40,41)(H,42,43)/t25?,26?,27?,33-,37?/m0/s1. The Labute approximate surface area is 281 Å². The minimum absolute atomic E-state index is 0.0248. The molecule has 4 bridgehead atoms. The highest BCUT2D eigenvalue weighted by atomic mass is 31.2. The number of carboxylic acid groups (broad SMARTS) is 1. The van der Waals surface area contributed by atoms with Crippen LogP contribution in [0.2, 0.25) is 0 Å². The lowest BCUT2D eigenvalue weighted by Crippen LogP contribution is -2.48. The molecule has 0 heterocycles. The predicted molar refractivity (Wildman–Crippen MR) is 179 cm³/mol. The second-order valence-electron chi connectivity index (χ2n) is 13.6. The number of carbonyl (C=O) groups excluding carboxylic acids is 1.